The van der Waals surface area contributed by atoms with Gasteiger partial charge in [0.2, 0.25) is 5.91 Å². The van der Waals surface area contributed by atoms with Crippen molar-refractivity contribution in [3.63, 3.8) is 0 Å². The van der Waals surface area contributed by atoms with Crippen LogP contribution in [0.5, 0.6) is 5.75 Å². The average Bonchev–Trinajstić information content (AvgIpc) is 2.42. The molecule has 0 atom stereocenters. The van der Waals surface area contributed by atoms with Crippen molar-refractivity contribution < 1.29 is 18.3 Å². The highest BCUT2D eigenvalue weighted by molar-refractivity contribution is 6.30. The van der Waals surface area contributed by atoms with Gasteiger partial charge in [-0.25, -0.2) is 0 Å². The summed E-state index contributed by atoms with van der Waals surface area (Å²) >= 11 is 5.84. The maximum atomic E-state index is 12.3. The fraction of sp³-hybridized carbons (Fsp3) is 0.500. The molecular weight excluding hydrogens is 302 g/mol. The number of likely N-dealkylation sites (N-methyl/N-ethyl adjacent to an activating group) is 1. The van der Waals surface area contributed by atoms with Crippen LogP contribution in [-0.2, 0) is 11.3 Å². The molecule has 0 radical (unpaired) electrons. The van der Waals surface area contributed by atoms with Gasteiger partial charge in [0.1, 0.15) is 5.75 Å². The van der Waals surface area contributed by atoms with E-state index in [9.17, 15) is 13.6 Å². The molecule has 0 unspecified atom stereocenters. The molecule has 0 spiro atoms. The SMILES string of the molecule is CCN(CC)C(=O)CNCc1cc(Cl)ccc1OC(F)F. The van der Waals surface area contributed by atoms with Crippen LogP contribution in [0.4, 0.5) is 8.78 Å². The van der Waals surface area contributed by atoms with E-state index in [0.29, 0.717) is 23.7 Å². The molecular formula is C14H19ClF2N2O2. The van der Waals surface area contributed by atoms with Crippen molar-refractivity contribution in [2.45, 2.75) is 27.0 Å². The van der Waals surface area contributed by atoms with Crippen LogP contribution >= 0.6 is 11.6 Å². The van der Waals surface area contributed by atoms with Crippen molar-refractivity contribution in [1.29, 1.82) is 0 Å². The van der Waals surface area contributed by atoms with Crippen molar-refractivity contribution in [3.8, 4) is 5.75 Å². The molecule has 7 heteroatoms. The number of carbonyl (C=O) groups excluding carboxylic acids is 1. The smallest absolute Gasteiger partial charge is 0.387 e. The summed E-state index contributed by atoms with van der Waals surface area (Å²) in [5.74, 6) is 0.00976. The summed E-state index contributed by atoms with van der Waals surface area (Å²) in [6.07, 6.45) is 0. The van der Waals surface area contributed by atoms with E-state index in [1.807, 2.05) is 13.8 Å². The van der Waals surface area contributed by atoms with Crippen molar-refractivity contribution in [3.05, 3.63) is 28.8 Å². The first kappa shape index (κ1) is 17.7. The van der Waals surface area contributed by atoms with Gasteiger partial charge in [0.05, 0.1) is 6.54 Å². The molecule has 0 heterocycles. The van der Waals surface area contributed by atoms with Gasteiger partial charge >= 0.3 is 6.61 Å². The average molecular weight is 321 g/mol. The summed E-state index contributed by atoms with van der Waals surface area (Å²) in [4.78, 5) is 13.5. The van der Waals surface area contributed by atoms with Gasteiger partial charge in [0.25, 0.3) is 0 Å². The lowest BCUT2D eigenvalue weighted by Crippen LogP contribution is -2.37. The van der Waals surface area contributed by atoms with E-state index in [0.717, 1.165) is 0 Å². The van der Waals surface area contributed by atoms with Crippen LogP contribution in [-0.4, -0.2) is 37.1 Å². The molecule has 4 nitrogen and oxygen atoms in total. The molecule has 0 saturated heterocycles. The van der Waals surface area contributed by atoms with Crippen LogP contribution in [0.2, 0.25) is 5.02 Å². The van der Waals surface area contributed by atoms with Gasteiger partial charge in [-0.2, -0.15) is 8.78 Å². The third-order valence-corrected chi connectivity index (χ3v) is 3.18. The molecule has 118 valence electrons. The number of nitrogens with one attached hydrogen (secondary N) is 1. The van der Waals surface area contributed by atoms with Gasteiger partial charge in [-0.3, -0.25) is 4.79 Å². The lowest BCUT2D eigenvalue weighted by atomic mass is 10.2. The van der Waals surface area contributed by atoms with E-state index in [1.54, 1.807) is 4.90 Å². The molecule has 0 saturated carbocycles. The Labute approximate surface area is 128 Å². The summed E-state index contributed by atoms with van der Waals surface area (Å²) in [7, 11) is 0. The number of hydrogen-bond donors (Lipinski definition) is 1. The monoisotopic (exact) mass is 320 g/mol. The van der Waals surface area contributed by atoms with Gasteiger partial charge < -0.3 is 15.0 Å². The largest absolute Gasteiger partial charge is 0.434 e. The summed E-state index contributed by atoms with van der Waals surface area (Å²) in [5, 5.41) is 3.34. The molecule has 0 aliphatic rings. The van der Waals surface area contributed by atoms with E-state index in [4.69, 9.17) is 11.6 Å². The molecule has 0 aliphatic carbocycles. The second-order valence-electron chi connectivity index (χ2n) is 4.30. The number of alkyl halides is 2. The van der Waals surface area contributed by atoms with E-state index in [2.05, 4.69) is 10.1 Å². The zero-order chi connectivity index (χ0) is 15.8. The number of nitrogens with zero attached hydrogens (tertiary/aromatic N) is 1. The van der Waals surface area contributed by atoms with Gasteiger partial charge in [-0.05, 0) is 32.0 Å². The van der Waals surface area contributed by atoms with Crippen LogP contribution < -0.4 is 10.1 Å². The normalized spacial score (nSPS) is 10.8. The highest BCUT2D eigenvalue weighted by Gasteiger charge is 2.12. The molecule has 21 heavy (non-hydrogen) atoms. The van der Waals surface area contributed by atoms with E-state index >= 15 is 0 Å². The highest BCUT2D eigenvalue weighted by atomic mass is 35.5. The number of hydrogen-bond acceptors (Lipinski definition) is 3. The Balaban J connectivity index is 2.62. The summed E-state index contributed by atoms with van der Waals surface area (Å²) in [5.41, 5.74) is 0.482. The minimum Gasteiger partial charge on any atom is -0.434 e. The quantitative estimate of drug-likeness (QED) is 0.801. The van der Waals surface area contributed by atoms with Crippen molar-refractivity contribution >= 4 is 17.5 Å². The molecule has 1 aromatic rings. The van der Waals surface area contributed by atoms with Gasteiger partial charge in [0.15, 0.2) is 0 Å². The number of amides is 1. The molecule has 0 aliphatic heterocycles. The Kier molecular flexibility index (Phi) is 7.39. The number of benzene rings is 1. The molecule has 1 rings (SSSR count). The molecule has 1 N–H and O–H groups in total. The first-order chi connectivity index (χ1) is 9.97. The second-order valence-corrected chi connectivity index (χ2v) is 4.74. The Morgan fingerprint density at radius 3 is 2.62 bits per heavy atom. The highest BCUT2D eigenvalue weighted by Crippen LogP contribution is 2.24. The minimum atomic E-state index is -2.90. The number of rotatable bonds is 8. The zero-order valence-corrected chi connectivity index (χ0v) is 12.8. The predicted molar refractivity (Wildman–Crippen MR) is 77.7 cm³/mol. The lowest BCUT2D eigenvalue weighted by Gasteiger charge is -2.19. The second kappa shape index (κ2) is 8.79. The van der Waals surface area contributed by atoms with E-state index in [-0.39, 0.29) is 24.7 Å². The summed E-state index contributed by atoms with van der Waals surface area (Å²) in [6.45, 7) is 2.50. The third-order valence-electron chi connectivity index (χ3n) is 2.95. The maximum Gasteiger partial charge on any atom is 0.387 e. The van der Waals surface area contributed by atoms with E-state index in [1.165, 1.54) is 18.2 Å². The molecule has 1 amide bonds. The summed E-state index contributed by atoms with van der Waals surface area (Å²) in [6, 6.07) is 4.40. The molecule has 0 aromatic heterocycles. The van der Waals surface area contributed by atoms with Gasteiger partial charge in [-0.1, -0.05) is 11.6 Å². The molecule has 1 aromatic carbocycles. The van der Waals surface area contributed by atoms with Crippen molar-refractivity contribution in [2.24, 2.45) is 0 Å². The van der Waals surface area contributed by atoms with Crippen LogP contribution in [0.1, 0.15) is 19.4 Å². The fourth-order valence-corrected chi connectivity index (χ4v) is 2.08. The first-order valence-corrected chi connectivity index (χ1v) is 7.07. The van der Waals surface area contributed by atoms with E-state index < -0.39 is 6.61 Å². The Hall–Kier alpha value is -1.40. The zero-order valence-electron chi connectivity index (χ0n) is 12.0. The number of halogens is 3. The minimum absolute atomic E-state index is 0.0432. The van der Waals surface area contributed by atoms with Crippen LogP contribution in [0, 0.1) is 0 Å². The van der Waals surface area contributed by atoms with Crippen LogP contribution in [0.15, 0.2) is 18.2 Å². The molecule has 0 bridgehead atoms. The molecule has 0 fully saturated rings. The topological polar surface area (TPSA) is 41.6 Å². The Morgan fingerprint density at radius 2 is 2.05 bits per heavy atom. The van der Waals surface area contributed by atoms with Gasteiger partial charge in [-0.15, -0.1) is 0 Å². The predicted octanol–water partition coefficient (Wildman–Crippen LogP) is 2.90. The first-order valence-electron chi connectivity index (χ1n) is 6.69. The Bertz CT molecular complexity index is 468. The number of carbonyl (C=O) groups is 1. The standard InChI is InChI=1S/C14H19ClF2N2O2/c1-3-19(4-2)13(20)9-18-8-10-7-11(15)5-6-12(10)21-14(16)17/h5-7,14,18H,3-4,8-9H2,1-2H3. The van der Waals surface area contributed by atoms with Gasteiger partial charge in [0, 0.05) is 30.2 Å². The van der Waals surface area contributed by atoms with Crippen LogP contribution in [0.3, 0.4) is 0 Å². The lowest BCUT2D eigenvalue weighted by molar-refractivity contribution is -0.129. The number of ether oxygens (including phenoxy) is 1. The van der Waals surface area contributed by atoms with Crippen LogP contribution in [0.25, 0.3) is 0 Å². The maximum absolute atomic E-state index is 12.3. The van der Waals surface area contributed by atoms with Crippen molar-refractivity contribution in [1.82, 2.24) is 10.2 Å². The summed E-state index contributed by atoms with van der Waals surface area (Å²) < 4.78 is 29.0. The third kappa shape index (κ3) is 5.85. The van der Waals surface area contributed by atoms with Crippen molar-refractivity contribution in [2.75, 3.05) is 19.6 Å². The Morgan fingerprint density at radius 1 is 1.38 bits per heavy atom. The fourth-order valence-electron chi connectivity index (χ4n) is 1.89.